The Balaban J connectivity index is 2.92. The molecule has 0 fully saturated rings. The molecule has 5 heteroatoms. The molecule has 0 heterocycles. The highest BCUT2D eigenvalue weighted by molar-refractivity contribution is 5.86. The zero-order valence-electron chi connectivity index (χ0n) is 10.3. The van der Waals surface area contributed by atoms with Crippen LogP contribution in [0.5, 0.6) is 0 Å². The van der Waals surface area contributed by atoms with E-state index in [0.717, 1.165) is 12.1 Å². The molecule has 0 atom stereocenters. The second-order valence-electron chi connectivity index (χ2n) is 4.00. The topological polar surface area (TPSA) is 67.5 Å². The molecule has 1 rings (SSSR count). The first-order chi connectivity index (χ1) is 8.06. The molecule has 0 bridgehead atoms. The van der Waals surface area contributed by atoms with Gasteiger partial charge in [0.15, 0.2) is 0 Å². The molecule has 0 saturated heterocycles. The maximum absolute atomic E-state index is 10.8. The molecule has 0 saturated carbocycles. The number of nitrogens with zero attached hydrogens (tertiary/aromatic N) is 2. The normalized spacial score (nSPS) is 11.6. The third-order valence-corrected chi connectivity index (χ3v) is 2.45. The average molecular weight is 235 g/mol. The number of rotatable bonds is 5. The van der Waals surface area contributed by atoms with Gasteiger partial charge < -0.3 is 0 Å². The zero-order valence-corrected chi connectivity index (χ0v) is 10.3. The van der Waals surface area contributed by atoms with E-state index in [0.29, 0.717) is 11.6 Å². The molecule has 0 amide bonds. The smallest absolute Gasteiger partial charge is 0.272 e. The number of nitro groups is 1. The Labute approximate surface area is 101 Å². The van der Waals surface area contributed by atoms with Crippen LogP contribution in [0.3, 0.4) is 0 Å². The minimum Gasteiger partial charge on any atom is -0.272 e. The molecule has 92 valence electrons. The fourth-order valence-electron chi connectivity index (χ4n) is 1.48. The third kappa shape index (κ3) is 3.55. The van der Waals surface area contributed by atoms with Gasteiger partial charge in [0.05, 0.1) is 4.92 Å². The van der Waals surface area contributed by atoms with Gasteiger partial charge in [-0.2, -0.15) is 5.10 Å². The van der Waals surface area contributed by atoms with Crippen LogP contribution in [0.25, 0.3) is 0 Å². The largest absolute Gasteiger partial charge is 0.294 e. The number of nitrogens with one attached hydrogen (secondary N) is 1. The van der Waals surface area contributed by atoms with Gasteiger partial charge in [0, 0.05) is 11.8 Å². The molecular formula is C12H17N3O2. The van der Waals surface area contributed by atoms with E-state index in [1.54, 1.807) is 18.2 Å². The lowest BCUT2D eigenvalue weighted by atomic mass is 10.1. The van der Waals surface area contributed by atoms with Crippen LogP contribution in [0.15, 0.2) is 29.4 Å². The first-order valence-corrected chi connectivity index (χ1v) is 5.62. The number of benzene rings is 1. The summed E-state index contributed by atoms with van der Waals surface area (Å²) in [5.74, 6) is 0.329. The Morgan fingerprint density at radius 2 is 2.12 bits per heavy atom. The second kappa shape index (κ2) is 5.98. The summed E-state index contributed by atoms with van der Waals surface area (Å²) >= 11 is 0. The number of para-hydroxylation sites is 2. The zero-order chi connectivity index (χ0) is 12.8. The van der Waals surface area contributed by atoms with Gasteiger partial charge in [-0.25, -0.2) is 0 Å². The van der Waals surface area contributed by atoms with Crippen molar-refractivity contribution < 1.29 is 4.92 Å². The van der Waals surface area contributed by atoms with E-state index in [-0.39, 0.29) is 5.69 Å². The third-order valence-electron chi connectivity index (χ3n) is 2.45. The summed E-state index contributed by atoms with van der Waals surface area (Å²) in [6, 6.07) is 6.48. The van der Waals surface area contributed by atoms with Gasteiger partial charge in [-0.1, -0.05) is 32.9 Å². The Kier molecular flexibility index (Phi) is 4.63. The maximum Gasteiger partial charge on any atom is 0.294 e. The Morgan fingerprint density at radius 1 is 1.47 bits per heavy atom. The van der Waals surface area contributed by atoms with E-state index in [1.165, 1.54) is 6.07 Å². The monoisotopic (exact) mass is 235 g/mol. The van der Waals surface area contributed by atoms with Crippen molar-refractivity contribution in [3.8, 4) is 0 Å². The maximum atomic E-state index is 10.8. The first kappa shape index (κ1) is 13.2. The SMILES string of the molecule is CC/C(=N/Nc1ccccc1[N+](=O)[O-])C(C)C. The van der Waals surface area contributed by atoms with E-state index in [9.17, 15) is 10.1 Å². The summed E-state index contributed by atoms with van der Waals surface area (Å²) in [5.41, 5.74) is 4.22. The highest BCUT2D eigenvalue weighted by Crippen LogP contribution is 2.23. The summed E-state index contributed by atoms with van der Waals surface area (Å²) in [6.45, 7) is 6.10. The molecule has 0 unspecified atom stereocenters. The molecule has 5 nitrogen and oxygen atoms in total. The van der Waals surface area contributed by atoms with Crippen molar-refractivity contribution in [2.24, 2.45) is 11.0 Å². The lowest BCUT2D eigenvalue weighted by Gasteiger charge is -2.08. The molecule has 17 heavy (non-hydrogen) atoms. The van der Waals surface area contributed by atoms with Gasteiger partial charge in [0.1, 0.15) is 5.69 Å². The first-order valence-electron chi connectivity index (χ1n) is 5.62. The fraction of sp³-hybridized carbons (Fsp3) is 0.417. The highest BCUT2D eigenvalue weighted by Gasteiger charge is 2.11. The summed E-state index contributed by atoms with van der Waals surface area (Å²) in [7, 11) is 0. The highest BCUT2D eigenvalue weighted by atomic mass is 16.6. The van der Waals surface area contributed by atoms with Gasteiger partial charge in [0.25, 0.3) is 5.69 Å². The van der Waals surface area contributed by atoms with E-state index in [1.807, 2.05) is 20.8 Å². The Hall–Kier alpha value is -1.91. The molecular weight excluding hydrogens is 218 g/mol. The van der Waals surface area contributed by atoms with Crippen LogP contribution >= 0.6 is 0 Å². The van der Waals surface area contributed by atoms with Crippen molar-refractivity contribution in [3.05, 3.63) is 34.4 Å². The molecule has 1 aromatic carbocycles. The molecule has 0 aromatic heterocycles. The van der Waals surface area contributed by atoms with Crippen LogP contribution in [0.4, 0.5) is 11.4 Å². The lowest BCUT2D eigenvalue weighted by molar-refractivity contribution is -0.384. The lowest BCUT2D eigenvalue weighted by Crippen LogP contribution is -2.09. The number of hydrogen-bond acceptors (Lipinski definition) is 4. The van der Waals surface area contributed by atoms with Crippen LogP contribution in [0.1, 0.15) is 27.2 Å². The van der Waals surface area contributed by atoms with Crippen LogP contribution in [-0.4, -0.2) is 10.6 Å². The quantitative estimate of drug-likeness (QED) is 0.483. The van der Waals surface area contributed by atoms with Crippen LogP contribution in [0.2, 0.25) is 0 Å². The molecule has 1 aromatic rings. The molecule has 0 aliphatic carbocycles. The van der Waals surface area contributed by atoms with Crippen molar-refractivity contribution in [1.82, 2.24) is 0 Å². The van der Waals surface area contributed by atoms with E-state index < -0.39 is 4.92 Å². The van der Waals surface area contributed by atoms with Crippen molar-refractivity contribution >= 4 is 17.1 Å². The van der Waals surface area contributed by atoms with Crippen LogP contribution < -0.4 is 5.43 Å². The minimum absolute atomic E-state index is 0.0375. The minimum atomic E-state index is -0.418. The number of hydrazone groups is 1. The van der Waals surface area contributed by atoms with Crippen molar-refractivity contribution in [3.63, 3.8) is 0 Å². The molecule has 0 spiro atoms. The average Bonchev–Trinajstić information content (AvgIpc) is 2.29. The van der Waals surface area contributed by atoms with Crippen LogP contribution in [0, 0.1) is 16.0 Å². The van der Waals surface area contributed by atoms with E-state index in [4.69, 9.17) is 0 Å². The van der Waals surface area contributed by atoms with Gasteiger partial charge in [-0.3, -0.25) is 15.5 Å². The number of hydrogen-bond donors (Lipinski definition) is 1. The predicted molar refractivity (Wildman–Crippen MR) is 69.3 cm³/mol. The second-order valence-corrected chi connectivity index (χ2v) is 4.00. The fourth-order valence-corrected chi connectivity index (χ4v) is 1.48. The molecule has 0 radical (unpaired) electrons. The Bertz CT molecular complexity index is 428. The van der Waals surface area contributed by atoms with Crippen LogP contribution in [-0.2, 0) is 0 Å². The van der Waals surface area contributed by atoms with Gasteiger partial charge >= 0.3 is 0 Å². The van der Waals surface area contributed by atoms with Gasteiger partial charge in [0.2, 0.25) is 0 Å². The van der Waals surface area contributed by atoms with E-state index >= 15 is 0 Å². The number of nitro benzene ring substituents is 1. The van der Waals surface area contributed by atoms with Crippen molar-refractivity contribution in [2.75, 3.05) is 5.43 Å². The predicted octanol–water partition coefficient (Wildman–Crippen LogP) is 3.43. The molecule has 0 aliphatic heterocycles. The van der Waals surface area contributed by atoms with Crippen molar-refractivity contribution in [1.29, 1.82) is 0 Å². The van der Waals surface area contributed by atoms with E-state index in [2.05, 4.69) is 10.5 Å². The molecule has 0 aliphatic rings. The van der Waals surface area contributed by atoms with Gasteiger partial charge in [-0.05, 0) is 18.4 Å². The van der Waals surface area contributed by atoms with Gasteiger partial charge in [-0.15, -0.1) is 0 Å². The Morgan fingerprint density at radius 3 is 2.65 bits per heavy atom. The summed E-state index contributed by atoms with van der Waals surface area (Å²) in [6.07, 6.45) is 0.825. The summed E-state index contributed by atoms with van der Waals surface area (Å²) in [5, 5.41) is 15.0. The standard InChI is InChI=1S/C12H17N3O2/c1-4-10(9(2)3)13-14-11-7-5-6-8-12(11)15(16)17/h5-9,14H,4H2,1-3H3/b13-10-. The molecule has 1 N–H and O–H groups in total. The number of anilines is 1. The summed E-state index contributed by atoms with van der Waals surface area (Å²) in [4.78, 5) is 10.4. The summed E-state index contributed by atoms with van der Waals surface area (Å²) < 4.78 is 0. The van der Waals surface area contributed by atoms with Crippen molar-refractivity contribution in [2.45, 2.75) is 27.2 Å².